The minimum absolute atomic E-state index is 0.229. The van der Waals surface area contributed by atoms with Crippen LogP contribution in [-0.4, -0.2) is 54.1 Å². The van der Waals surface area contributed by atoms with E-state index >= 15 is 0 Å². The number of fused-ring (bicyclic) bond motifs is 1. The maximum atomic E-state index is 6.09. The van der Waals surface area contributed by atoms with Crippen molar-refractivity contribution in [3.8, 4) is 0 Å². The average Bonchev–Trinajstić information content (AvgIpc) is 2.69. The van der Waals surface area contributed by atoms with Gasteiger partial charge in [-0.3, -0.25) is 14.8 Å². The zero-order chi connectivity index (χ0) is 17.1. The fourth-order valence-electron chi connectivity index (χ4n) is 4.03. The van der Waals surface area contributed by atoms with E-state index in [1.54, 1.807) is 0 Å². The Labute approximate surface area is 150 Å². The summed E-state index contributed by atoms with van der Waals surface area (Å²) in [7, 11) is 0. The van der Waals surface area contributed by atoms with Crippen molar-refractivity contribution >= 4 is 0 Å². The van der Waals surface area contributed by atoms with Gasteiger partial charge in [-0.15, -0.1) is 0 Å². The summed E-state index contributed by atoms with van der Waals surface area (Å²) in [6.45, 7) is 8.55. The SMILES string of the molecule is CC(c1cccnc1)N1CCN(CC2OCCc3ccccc32)CC1. The molecule has 1 saturated heterocycles. The van der Waals surface area contributed by atoms with Crippen LogP contribution in [0.4, 0.5) is 0 Å². The Morgan fingerprint density at radius 3 is 2.76 bits per heavy atom. The summed E-state index contributed by atoms with van der Waals surface area (Å²) in [6.07, 6.45) is 5.11. The number of hydrogen-bond acceptors (Lipinski definition) is 4. The molecule has 0 saturated carbocycles. The molecule has 2 aliphatic rings. The topological polar surface area (TPSA) is 28.6 Å². The van der Waals surface area contributed by atoms with Crippen molar-refractivity contribution in [1.82, 2.24) is 14.8 Å². The molecule has 1 aromatic carbocycles. The molecule has 0 amide bonds. The molecule has 0 bridgehead atoms. The van der Waals surface area contributed by atoms with Crippen LogP contribution in [0.5, 0.6) is 0 Å². The summed E-state index contributed by atoms with van der Waals surface area (Å²) >= 11 is 0. The van der Waals surface area contributed by atoms with Crippen LogP contribution in [-0.2, 0) is 11.2 Å². The van der Waals surface area contributed by atoms with Crippen LogP contribution < -0.4 is 0 Å². The Balaban J connectivity index is 1.34. The lowest BCUT2D eigenvalue weighted by atomic mass is 9.97. The Hall–Kier alpha value is -1.75. The Kier molecular flexibility index (Phi) is 5.11. The number of ether oxygens (including phenoxy) is 1. The predicted molar refractivity (Wildman–Crippen MR) is 99.5 cm³/mol. The molecule has 4 heteroatoms. The van der Waals surface area contributed by atoms with E-state index in [-0.39, 0.29) is 6.10 Å². The Morgan fingerprint density at radius 1 is 1.12 bits per heavy atom. The second-order valence-corrected chi connectivity index (χ2v) is 7.11. The normalized spacial score (nSPS) is 23.2. The summed E-state index contributed by atoms with van der Waals surface area (Å²) in [5, 5.41) is 0. The maximum absolute atomic E-state index is 6.09. The first kappa shape index (κ1) is 16.7. The number of rotatable bonds is 4. The molecular formula is C21H27N3O. The van der Waals surface area contributed by atoms with Crippen molar-refractivity contribution in [2.24, 2.45) is 0 Å². The molecule has 132 valence electrons. The minimum atomic E-state index is 0.229. The number of benzene rings is 1. The van der Waals surface area contributed by atoms with Gasteiger partial charge in [0.25, 0.3) is 0 Å². The van der Waals surface area contributed by atoms with Gasteiger partial charge in [0.2, 0.25) is 0 Å². The first-order chi connectivity index (χ1) is 12.3. The van der Waals surface area contributed by atoms with Crippen molar-refractivity contribution in [3.05, 3.63) is 65.5 Å². The Bertz CT molecular complexity index is 683. The smallest absolute Gasteiger partial charge is 0.0954 e. The predicted octanol–water partition coefficient (Wildman–Crippen LogP) is 3.07. The molecule has 4 nitrogen and oxygen atoms in total. The van der Waals surface area contributed by atoms with Crippen molar-refractivity contribution in [1.29, 1.82) is 0 Å². The Morgan fingerprint density at radius 2 is 1.96 bits per heavy atom. The number of nitrogens with zero attached hydrogens (tertiary/aromatic N) is 3. The first-order valence-electron chi connectivity index (χ1n) is 9.37. The van der Waals surface area contributed by atoms with Gasteiger partial charge < -0.3 is 4.74 Å². The van der Waals surface area contributed by atoms with E-state index in [1.807, 2.05) is 18.5 Å². The van der Waals surface area contributed by atoms with Crippen molar-refractivity contribution < 1.29 is 4.74 Å². The highest BCUT2D eigenvalue weighted by Crippen LogP contribution is 2.28. The van der Waals surface area contributed by atoms with Crippen LogP contribution in [0.2, 0.25) is 0 Å². The molecule has 4 rings (SSSR count). The highest BCUT2D eigenvalue weighted by molar-refractivity contribution is 5.31. The van der Waals surface area contributed by atoms with E-state index in [4.69, 9.17) is 4.74 Å². The summed E-state index contributed by atoms with van der Waals surface area (Å²) < 4.78 is 6.09. The second-order valence-electron chi connectivity index (χ2n) is 7.11. The van der Waals surface area contributed by atoms with E-state index in [0.29, 0.717) is 6.04 Å². The lowest BCUT2D eigenvalue weighted by Gasteiger charge is -2.40. The van der Waals surface area contributed by atoms with Crippen LogP contribution in [0.1, 0.15) is 35.8 Å². The number of aromatic nitrogens is 1. The first-order valence-corrected chi connectivity index (χ1v) is 9.37. The molecule has 0 N–H and O–H groups in total. The van der Waals surface area contributed by atoms with E-state index in [1.165, 1.54) is 16.7 Å². The number of pyridine rings is 1. The summed E-state index contributed by atoms with van der Waals surface area (Å²) in [5.74, 6) is 0. The van der Waals surface area contributed by atoms with E-state index in [0.717, 1.165) is 45.8 Å². The van der Waals surface area contributed by atoms with Gasteiger partial charge in [-0.25, -0.2) is 0 Å². The van der Waals surface area contributed by atoms with Crippen LogP contribution in [0.15, 0.2) is 48.8 Å². The molecule has 0 spiro atoms. The highest BCUT2D eigenvalue weighted by atomic mass is 16.5. The van der Waals surface area contributed by atoms with Crippen molar-refractivity contribution in [2.45, 2.75) is 25.5 Å². The quantitative estimate of drug-likeness (QED) is 0.857. The molecule has 2 aromatic rings. The van der Waals surface area contributed by atoms with E-state index in [2.05, 4.69) is 52.0 Å². The third-order valence-electron chi connectivity index (χ3n) is 5.64. The molecule has 0 aliphatic carbocycles. The van der Waals surface area contributed by atoms with Crippen LogP contribution in [0.3, 0.4) is 0 Å². The van der Waals surface area contributed by atoms with Crippen LogP contribution in [0.25, 0.3) is 0 Å². The zero-order valence-electron chi connectivity index (χ0n) is 15.0. The summed E-state index contributed by atoms with van der Waals surface area (Å²) in [4.78, 5) is 9.37. The van der Waals surface area contributed by atoms with Gasteiger partial charge in [0.05, 0.1) is 12.7 Å². The maximum Gasteiger partial charge on any atom is 0.0954 e. The molecule has 3 heterocycles. The van der Waals surface area contributed by atoms with Gasteiger partial charge in [0.1, 0.15) is 0 Å². The third kappa shape index (κ3) is 3.76. The van der Waals surface area contributed by atoms with Gasteiger partial charge in [0.15, 0.2) is 0 Å². The summed E-state index contributed by atoms with van der Waals surface area (Å²) in [5.41, 5.74) is 4.16. The number of piperazine rings is 1. The third-order valence-corrected chi connectivity index (χ3v) is 5.64. The monoisotopic (exact) mass is 337 g/mol. The largest absolute Gasteiger partial charge is 0.372 e. The zero-order valence-corrected chi connectivity index (χ0v) is 15.0. The fourth-order valence-corrected chi connectivity index (χ4v) is 4.03. The lowest BCUT2D eigenvalue weighted by Crippen LogP contribution is -2.48. The van der Waals surface area contributed by atoms with Gasteiger partial charge in [0, 0.05) is 51.2 Å². The molecule has 2 atom stereocenters. The summed E-state index contributed by atoms with van der Waals surface area (Å²) in [6, 6.07) is 13.4. The minimum Gasteiger partial charge on any atom is -0.372 e. The van der Waals surface area contributed by atoms with Crippen LogP contribution in [0, 0.1) is 0 Å². The van der Waals surface area contributed by atoms with Gasteiger partial charge in [-0.2, -0.15) is 0 Å². The van der Waals surface area contributed by atoms with Crippen molar-refractivity contribution in [2.75, 3.05) is 39.3 Å². The van der Waals surface area contributed by atoms with Gasteiger partial charge in [-0.05, 0) is 36.1 Å². The van der Waals surface area contributed by atoms with Crippen LogP contribution >= 0.6 is 0 Å². The fraction of sp³-hybridized carbons (Fsp3) is 0.476. The molecule has 1 aromatic heterocycles. The molecule has 2 aliphatic heterocycles. The molecular weight excluding hydrogens is 310 g/mol. The van der Waals surface area contributed by atoms with E-state index < -0.39 is 0 Å². The molecule has 0 radical (unpaired) electrons. The average molecular weight is 337 g/mol. The second kappa shape index (κ2) is 7.65. The molecule has 25 heavy (non-hydrogen) atoms. The van der Waals surface area contributed by atoms with Crippen molar-refractivity contribution in [3.63, 3.8) is 0 Å². The number of hydrogen-bond donors (Lipinski definition) is 0. The lowest BCUT2D eigenvalue weighted by molar-refractivity contribution is 0.000931. The van der Waals surface area contributed by atoms with E-state index in [9.17, 15) is 0 Å². The molecule has 2 unspecified atom stereocenters. The van der Waals surface area contributed by atoms with Gasteiger partial charge in [-0.1, -0.05) is 30.3 Å². The van der Waals surface area contributed by atoms with Gasteiger partial charge >= 0.3 is 0 Å². The highest BCUT2D eigenvalue weighted by Gasteiger charge is 2.26. The molecule has 1 fully saturated rings. The standard InChI is InChI=1S/C21H27N3O/c1-17(19-6-4-9-22-15-19)24-12-10-23(11-13-24)16-21-20-7-3-2-5-18(20)8-14-25-21/h2-7,9,15,17,21H,8,10-14,16H2,1H3.